The van der Waals surface area contributed by atoms with Gasteiger partial charge < -0.3 is 5.21 Å². The molecular formula is C7H17NOSi. The lowest BCUT2D eigenvalue weighted by Gasteiger charge is -2.03. The lowest BCUT2D eigenvalue weighted by Crippen LogP contribution is -1.99. The van der Waals surface area contributed by atoms with Crippen molar-refractivity contribution in [1.29, 1.82) is 0 Å². The molecule has 0 aliphatic rings. The maximum Gasteiger partial charge on any atom is 0.0535 e. The van der Waals surface area contributed by atoms with Crippen LogP contribution in [0.1, 0.15) is 26.7 Å². The third-order valence-electron chi connectivity index (χ3n) is 1.56. The second-order valence-corrected chi connectivity index (χ2v) is 3.66. The van der Waals surface area contributed by atoms with Gasteiger partial charge in [-0.15, -0.1) is 0 Å². The Balaban J connectivity index is 3.46. The summed E-state index contributed by atoms with van der Waals surface area (Å²) in [6, 6.07) is 1.00. The van der Waals surface area contributed by atoms with E-state index in [1.54, 1.807) is 0 Å². The van der Waals surface area contributed by atoms with Crippen LogP contribution in [0.15, 0.2) is 5.16 Å². The Hall–Kier alpha value is -0.313. The minimum absolute atomic E-state index is 0.713. The first-order chi connectivity index (χ1) is 4.70. The highest BCUT2D eigenvalue weighted by Crippen LogP contribution is 2.05. The molecule has 0 saturated heterocycles. The molecule has 60 valence electrons. The first-order valence-electron chi connectivity index (χ1n) is 3.90. The maximum atomic E-state index is 8.45. The number of hydrogen-bond acceptors (Lipinski definition) is 2. The molecule has 0 radical (unpaired) electrons. The Kier molecular flexibility index (Phi) is 5.30. The van der Waals surface area contributed by atoms with Crippen LogP contribution in [0, 0.1) is 5.92 Å². The summed E-state index contributed by atoms with van der Waals surface area (Å²) in [4.78, 5) is 0. The molecule has 0 atom stereocenters. The van der Waals surface area contributed by atoms with E-state index in [1.807, 2.05) is 0 Å². The molecule has 0 amide bonds. The summed E-state index contributed by atoms with van der Waals surface area (Å²) in [6.45, 7) is 4.37. The fourth-order valence-electron chi connectivity index (χ4n) is 0.753. The van der Waals surface area contributed by atoms with Crippen molar-refractivity contribution in [1.82, 2.24) is 0 Å². The third-order valence-corrected chi connectivity index (χ3v) is 2.38. The number of rotatable bonds is 4. The van der Waals surface area contributed by atoms with Crippen molar-refractivity contribution in [2.45, 2.75) is 32.7 Å². The average Bonchev–Trinajstić information content (AvgIpc) is 1.90. The Morgan fingerprint density at radius 3 is 2.50 bits per heavy atom. The van der Waals surface area contributed by atoms with E-state index in [2.05, 4.69) is 19.0 Å². The van der Waals surface area contributed by atoms with Crippen molar-refractivity contribution in [3.8, 4) is 0 Å². The molecule has 0 aromatic carbocycles. The predicted molar refractivity (Wildman–Crippen MR) is 48.0 cm³/mol. The van der Waals surface area contributed by atoms with Gasteiger partial charge >= 0.3 is 0 Å². The molecule has 3 heteroatoms. The smallest absolute Gasteiger partial charge is 0.0535 e. The van der Waals surface area contributed by atoms with E-state index in [4.69, 9.17) is 5.21 Å². The summed E-state index contributed by atoms with van der Waals surface area (Å²) in [6.07, 6.45) is 2.11. The van der Waals surface area contributed by atoms with Crippen molar-refractivity contribution in [3.05, 3.63) is 0 Å². The van der Waals surface area contributed by atoms with E-state index in [1.165, 1.54) is 0 Å². The molecule has 2 nitrogen and oxygen atoms in total. The van der Waals surface area contributed by atoms with Gasteiger partial charge in [0.2, 0.25) is 0 Å². The minimum Gasteiger partial charge on any atom is -0.411 e. The predicted octanol–water partition coefficient (Wildman–Crippen LogP) is 1.04. The van der Waals surface area contributed by atoms with Crippen LogP contribution in [0.5, 0.6) is 0 Å². The van der Waals surface area contributed by atoms with Crippen molar-refractivity contribution >= 4 is 16.0 Å². The zero-order valence-corrected chi connectivity index (χ0v) is 9.09. The number of hydrogen-bond donors (Lipinski definition) is 1. The molecule has 0 bridgehead atoms. The van der Waals surface area contributed by atoms with Gasteiger partial charge in [-0.1, -0.05) is 19.0 Å². The van der Waals surface area contributed by atoms with Crippen molar-refractivity contribution < 1.29 is 5.21 Å². The largest absolute Gasteiger partial charge is 0.411 e. The fraction of sp³-hybridized carbons (Fsp3) is 0.857. The molecule has 0 aromatic heterocycles. The zero-order chi connectivity index (χ0) is 7.98. The minimum atomic E-state index is 0.713. The van der Waals surface area contributed by atoms with E-state index < -0.39 is 0 Å². The lowest BCUT2D eigenvalue weighted by atomic mass is 10.1. The Morgan fingerprint density at radius 2 is 2.20 bits per heavy atom. The molecule has 0 saturated carbocycles. The summed E-state index contributed by atoms with van der Waals surface area (Å²) < 4.78 is 0. The highest BCUT2D eigenvalue weighted by Gasteiger charge is 1.98. The van der Waals surface area contributed by atoms with Crippen LogP contribution in [0.2, 0.25) is 6.04 Å². The summed E-state index contributed by atoms with van der Waals surface area (Å²) in [5.74, 6) is 0.713. The van der Waals surface area contributed by atoms with Gasteiger partial charge in [0.25, 0.3) is 0 Å². The summed E-state index contributed by atoms with van der Waals surface area (Å²) in [5, 5.41) is 11.7. The second-order valence-electron chi connectivity index (χ2n) is 2.95. The van der Waals surface area contributed by atoms with Crippen LogP contribution in [0.25, 0.3) is 0 Å². The van der Waals surface area contributed by atoms with Crippen molar-refractivity contribution in [3.63, 3.8) is 0 Å². The van der Waals surface area contributed by atoms with Crippen molar-refractivity contribution in [2.24, 2.45) is 11.1 Å². The van der Waals surface area contributed by atoms with Gasteiger partial charge in [0.1, 0.15) is 0 Å². The van der Waals surface area contributed by atoms with E-state index in [0.29, 0.717) is 5.92 Å². The van der Waals surface area contributed by atoms with Crippen LogP contribution in [-0.4, -0.2) is 21.2 Å². The third kappa shape index (κ3) is 4.55. The molecule has 0 rings (SSSR count). The van der Waals surface area contributed by atoms with E-state index in [-0.39, 0.29) is 0 Å². The molecule has 0 spiro atoms. The van der Waals surface area contributed by atoms with Gasteiger partial charge in [0.15, 0.2) is 0 Å². The Labute approximate surface area is 65.7 Å². The lowest BCUT2D eigenvalue weighted by molar-refractivity contribution is 0.316. The molecule has 10 heavy (non-hydrogen) atoms. The Bertz CT molecular complexity index is 112. The van der Waals surface area contributed by atoms with Gasteiger partial charge in [-0.25, -0.2) is 0 Å². The van der Waals surface area contributed by atoms with Crippen LogP contribution >= 0.6 is 0 Å². The molecule has 0 aliphatic carbocycles. The standard InChI is InChI=1S/C7H17NOSi/c1-6(2)3-4-7(5-10)8-9/h6,9H,3-5H2,1-2,10H3. The maximum absolute atomic E-state index is 8.45. The second kappa shape index (κ2) is 5.47. The molecule has 0 aromatic rings. The van der Waals surface area contributed by atoms with Gasteiger partial charge in [-0.3, -0.25) is 0 Å². The zero-order valence-electron chi connectivity index (χ0n) is 7.09. The summed E-state index contributed by atoms with van der Waals surface area (Å²) in [5.41, 5.74) is 0.973. The molecule has 0 fully saturated rings. The monoisotopic (exact) mass is 159 g/mol. The number of nitrogens with zero attached hydrogens (tertiary/aromatic N) is 1. The summed E-state index contributed by atoms with van der Waals surface area (Å²) in [7, 11) is 1.10. The van der Waals surface area contributed by atoms with Gasteiger partial charge in [0.05, 0.1) is 5.71 Å². The van der Waals surface area contributed by atoms with Gasteiger partial charge in [0, 0.05) is 10.2 Å². The molecule has 0 aliphatic heterocycles. The molecule has 0 heterocycles. The van der Waals surface area contributed by atoms with Crippen molar-refractivity contribution in [2.75, 3.05) is 0 Å². The van der Waals surface area contributed by atoms with Gasteiger partial charge in [-0.05, 0) is 24.8 Å². The Morgan fingerprint density at radius 1 is 1.60 bits per heavy atom. The quantitative estimate of drug-likeness (QED) is 0.283. The van der Waals surface area contributed by atoms with Crippen LogP contribution in [0.3, 0.4) is 0 Å². The topological polar surface area (TPSA) is 32.6 Å². The SMILES string of the molecule is CC(C)CCC(C[SiH3])=NO. The van der Waals surface area contributed by atoms with E-state index in [9.17, 15) is 0 Å². The van der Waals surface area contributed by atoms with Crippen LogP contribution in [-0.2, 0) is 0 Å². The van der Waals surface area contributed by atoms with Crippen LogP contribution < -0.4 is 0 Å². The van der Waals surface area contributed by atoms with E-state index >= 15 is 0 Å². The normalized spacial score (nSPS) is 12.9. The summed E-state index contributed by atoms with van der Waals surface area (Å²) >= 11 is 0. The highest BCUT2D eigenvalue weighted by molar-refractivity contribution is 6.21. The van der Waals surface area contributed by atoms with Gasteiger partial charge in [-0.2, -0.15) is 0 Å². The molecule has 0 unspecified atom stereocenters. The first-order valence-corrected chi connectivity index (χ1v) is 5.31. The first kappa shape index (κ1) is 9.69. The van der Waals surface area contributed by atoms with Crippen LogP contribution in [0.4, 0.5) is 0 Å². The number of oxime groups is 1. The average molecular weight is 159 g/mol. The van der Waals surface area contributed by atoms with E-state index in [0.717, 1.165) is 34.8 Å². The fourth-order valence-corrected chi connectivity index (χ4v) is 1.25. The molecule has 1 N–H and O–H groups in total. The molecular weight excluding hydrogens is 142 g/mol. The highest BCUT2D eigenvalue weighted by atomic mass is 28.1.